The van der Waals surface area contributed by atoms with Crippen LogP contribution in [0.4, 0.5) is 0 Å². The highest BCUT2D eigenvalue weighted by molar-refractivity contribution is 5.93. The van der Waals surface area contributed by atoms with E-state index in [0.29, 0.717) is 18.8 Å². The zero-order valence-corrected chi connectivity index (χ0v) is 14.6. The van der Waals surface area contributed by atoms with Gasteiger partial charge in [-0.3, -0.25) is 9.59 Å². The molecule has 1 amide bonds. The molecule has 26 heavy (non-hydrogen) atoms. The van der Waals surface area contributed by atoms with Crippen molar-refractivity contribution in [3.8, 4) is 0 Å². The first-order valence-corrected chi connectivity index (χ1v) is 8.66. The van der Waals surface area contributed by atoms with E-state index in [0.717, 1.165) is 24.0 Å². The first-order valence-electron chi connectivity index (χ1n) is 8.66. The van der Waals surface area contributed by atoms with Gasteiger partial charge < -0.3 is 19.6 Å². The SMILES string of the molecule is Cc1cccc(C[C@@H](CNC(=O)c2ncoc2[C@H]2CCCO2)C(=O)O)c1. The van der Waals surface area contributed by atoms with Crippen molar-refractivity contribution in [2.75, 3.05) is 13.2 Å². The number of hydrogen-bond acceptors (Lipinski definition) is 5. The van der Waals surface area contributed by atoms with E-state index < -0.39 is 17.8 Å². The van der Waals surface area contributed by atoms with Gasteiger partial charge in [0.05, 0.1) is 5.92 Å². The van der Waals surface area contributed by atoms with Gasteiger partial charge >= 0.3 is 5.97 Å². The highest BCUT2D eigenvalue weighted by Crippen LogP contribution is 2.30. The van der Waals surface area contributed by atoms with E-state index in [1.807, 2.05) is 31.2 Å². The van der Waals surface area contributed by atoms with Gasteiger partial charge in [-0.25, -0.2) is 4.98 Å². The van der Waals surface area contributed by atoms with Crippen LogP contribution in [-0.4, -0.2) is 35.1 Å². The summed E-state index contributed by atoms with van der Waals surface area (Å²) < 4.78 is 10.9. The highest BCUT2D eigenvalue weighted by atomic mass is 16.5. The van der Waals surface area contributed by atoms with Crippen LogP contribution in [0.5, 0.6) is 0 Å². The summed E-state index contributed by atoms with van der Waals surface area (Å²) in [4.78, 5) is 28.0. The van der Waals surface area contributed by atoms with Crippen LogP contribution >= 0.6 is 0 Å². The van der Waals surface area contributed by atoms with Crippen molar-refractivity contribution in [3.63, 3.8) is 0 Å². The normalized spacial score (nSPS) is 17.8. The second-order valence-electron chi connectivity index (χ2n) is 6.51. The van der Waals surface area contributed by atoms with Crippen molar-refractivity contribution in [2.45, 2.75) is 32.3 Å². The smallest absolute Gasteiger partial charge is 0.308 e. The molecule has 0 bridgehead atoms. The van der Waals surface area contributed by atoms with Gasteiger partial charge in [0.2, 0.25) is 0 Å². The fraction of sp³-hybridized carbons (Fsp3) is 0.421. The Bertz CT molecular complexity index is 780. The largest absolute Gasteiger partial charge is 0.481 e. The number of carbonyl (C=O) groups excluding carboxylic acids is 1. The Balaban J connectivity index is 1.63. The summed E-state index contributed by atoms with van der Waals surface area (Å²) in [5.74, 6) is -1.71. The summed E-state index contributed by atoms with van der Waals surface area (Å²) in [5.41, 5.74) is 2.16. The van der Waals surface area contributed by atoms with Gasteiger partial charge in [0.1, 0.15) is 6.10 Å². The van der Waals surface area contributed by atoms with Crippen molar-refractivity contribution < 1.29 is 23.8 Å². The zero-order valence-electron chi connectivity index (χ0n) is 14.6. The number of aromatic nitrogens is 1. The predicted octanol–water partition coefficient (Wildman–Crippen LogP) is 2.51. The van der Waals surface area contributed by atoms with Crippen molar-refractivity contribution in [1.29, 1.82) is 0 Å². The maximum Gasteiger partial charge on any atom is 0.308 e. The van der Waals surface area contributed by atoms with Crippen LogP contribution in [0.15, 0.2) is 35.1 Å². The second-order valence-corrected chi connectivity index (χ2v) is 6.51. The Hall–Kier alpha value is -2.67. The number of carboxylic acids is 1. The van der Waals surface area contributed by atoms with E-state index in [-0.39, 0.29) is 18.3 Å². The Kier molecular flexibility index (Phi) is 5.68. The van der Waals surface area contributed by atoms with Crippen LogP contribution in [0.25, 0.3) is 0 Å². The lowest BCUT2D eigenvalue weighted by molar-refractivity contribution is -0.141. The summed E-state index contributed by atoms with van der Waals surface area (Å²) in [7, 11) is 0. The minimum absolute atomic E-state index is 0.0138. The molecule has 3 rings (SSSR count). The van der Waals surface area contributed by atoms with Gasteiger partial charge in [0, 0.05) is 13.2 Å². The van der Waals surface area contributed by atoms with Crippen molar-refractivity contribution in [1.82, 2.24) is 10.3 Å². The van der Waals surface area contributed by atoms with Crippen molar-refractivity contribution >= 4 is 11.9 Å². The van der Waals surface area contributed by atoms with Crippen molar-refractivity contribution in [3.05, 3.63) is 53.2 Å². The zero-order chi connectivity index (χ0) is 18.5. The van der Waals surface area contributed by atoms with E-state index in [9.17, 15) is 14.7 Å². The maximum atomic E-state index is 12.4. The van der Waals surface area contributed by atoms with Crippen molar-refractivity contribution in [2.24, 2.45) is 5.92 Å². The van der Waals surface area contributed by atoms with Gasteiger partial charge in [0.15, 0.2) is 17.8 Å². The van der Waals surface area contributed by atoms with Gasteiger partial charge in [-0.1, -0.05) is 29.8 Å². The van der Waals surface area contributed by atoms with E-state index in [4.69, 9.17) is 9.15 Å². The molecule has 0 unspecified atom stereocenters. The number of ether oxygens (including phenoxy) is 1. The standard InChI is InChI=1S/C19H22N2O5/c1-12-4-2-5-13(8-12)9-14(19(23)24)10-20-18(22)16-17(26-11-21-16)15-6-3-7-25-15/h2,4-5,8,11,14-15H,3,6-7,9-10H2,1H3,(H,20,22)(H,23,24)/t14-,15+/m0/s1. The molecule has 1 aromatic heterocycles. The molecule has 0 radical (unpaired) electrons. The third-order valence-corrected chi connectivity index (χ3v) is 4.45. The molecular formula is C19H22N2O5. The number of nitrogens with one attached hydrogen (secondary N) is 1. The van der Waals surface area contributed by atoms with Crippen LogP contribution in [0, 0.1) is 12.8 Å². The summed E-state index contributed by atoms with van der Waals surface area (Å²) in [6.45, 7) is 2.60. The molecule has 1 aliphatic rings. The molecule has 1 aliphatic heterocycles. The molecule has 2 atom stereocenters. The number of rotatable bonds is 7. The van der Waals surface area contributed by atoms with Gasteiger partial charge in [-0.05, 0) is 31.7 Å². The third-order valence-electron chi connectivity index (χ3n) is 4.45. The number of carboxylic acid groups (broad SMARTS) is 1. The number of oxazole rings is 1. The number of carbonyl (C=O) groups is 2. The number of hydrogen-bond donors (Lipinski definition) is 2. The molecule has 2 aromatic rings. The van der Waals surface area contributed by atoms with Crippen LogP contribution in [-0.2, 0) is 16.0 Å². The molecule has 1 aromatic carbocycles. The number of nitrogens with zero attached hydrogens (tertiary/aromatic N) is 1. The fourth-order valence-corrected chi connectivity index (χ4v) is 3.11. The molecule has 138 valence electrons. The maximum absolute atomic E-state index is 12.4. The van der Waals surface area contributed by atoms with Gasteiger partial charge in [-0.15, -0.1) is 0 Å². The quantitative estimate of drug-likeness (QED) is 0.788. The molecule has 0 saturated carbocycles. The van der Waals surface area contributed by atoms with E-state index in [2.05, 4.69) is 10.3 Å². The molecule has 0 spiro atoms. The Morgan fingerprint density at radius 1 is 1.42 bits per heavy atom. The number of aryl methyl sites for hydroxylation is 1. The second kappa shape index (κ2) is 8.14. The van der Waals surface area contributed by atoms with Crippen LogP contribution < -0.4 is 5.32 Å². The minimum Gasteiger partial charge on any atom is -0.481 e. The Morgan fingerprint density at radius 2 is 2.27 bits per heavy atom. The number of aliphatic carboxylic acids is 1. The third kappa shape index (κ3) is 4.29. The lowest BCUT2D eigenvalue weighted by Crippen LogP contribution is -2.34. The fourth-order valence-electron chi connectivity index (χ4n) is 3.11. The molecule has 1 saturated heterocycles. The van der Waals surface area contributed by atoms with E-state index >= 15 is 0 Å². The average Bonchev–Trinajstić information content (AvgIpc) is 3.28. The Labute approximate surface area is 151 Å². The Morgan fingerprint density at radius 3 is 2.96 bits per heavy atom. The van der Waals surface area contributed by atoms with Crippen LogP contribution in [0.2, 0.25) is 0 Å². The minimum atomic E-state index is -0.952. The number of amides is 1. The van der Waals surface area contributed by atoms with Gasteiger partial charge in [0.25, 0.3) is 5.91 Å². The lowest BCUT2D eigenvalue weighted by atomic mass is 9.98. The molecule has 1 fully saturated rings. The van der Waals surface area contributed by atoms with E-state index in [1.54, 1.807) is 0 Å². The molecule has 2 N–H and O–H groups in total. The topological polar surface area (TPSA) is 102 Å². The highest BCUT2D eigenvalue weighted by Gasteiger charge is 2.28. The first kappa shape index (κ1) is 18.1. The summed E-state index contributed by atoms with van der Waals surface area (Å²) in [5, 5.41) is 12.1. The monoisotopic (exact) mass is 358 g/mol. The van der Waals surface area contributed by atoms with E-state index in [1.165, 1.54) is 6.39 Å². The molecular weight excluding hydrogens is 336 g/mol. The van der Waals surface area contributed by atoms with Gasteiger partial charge in [-0.2, -0.15) is 0 Å². The van der Waals surface area contributed by atoms with Crippen LogP contribution in [0.3, 0.4) is 0 Å². The lowest BCUT2D eigenvalue weighted by Gasteiger charge is -2.14. The average molecular weight is 358 g/mol. The summed E-state index contributed by atoms with van der Waals surface area (Å²) in [6, 6.07) is 7.69. The summed E-state index contributed by atoms with van der Waals surface area (Å²) >= 11 is 0. The molecule has 2 heterocycles. The molecule has 7 heteroatoms. The first-order chi connectivity index (χ1) is 12.5. The van der Waals surface area contributed by atoms with Crippen LogP contribution in [0.1, 0.15) is 46.3 Å². The molecule has 0 aliphatic carbocycles. The number of benzene rings is 1. The summed E-state index contributed by atoms with van der Waals surface area (Å²) in [6.07, 6.45) is 2.98. The predicted molar refractivity (Wildman–Crippen MR) is 92.8 cm³/mol. The molecule has 7 nitrogen and oxygen atoms in total.